The summed E-state index contributed by atoms with van der Waals surface area (Å²) in [4.78, 5) is 1.47. The van der Waals surface area contributed by atoms with Crippen LogP contribution in [0.4, 0.5) is 0 Å². The van der Waals surface area contributed by atoms with Crippen LogP contribution in [0.15, 0.2) is 0 Å². The fourth-order valence-electron chi connectivity index (χ4n) is 0.222. The van der Waals surface area contributed by atoms with Crippen molar-refractivity contribution < 1.29 is 17.5 Å². The standard InChI is InChI=1S/C5H9N3.H2O4S/c1-3-4-8(2)5(6)7;1-5(2,3)4/h1H,4H2,2H3,(H3,6,7);(H2,1,2,3,4). The molecule has 8 heteroatoms. The number of terminal acetylenes is 1. The third-order valence-corrected chi connectivity index (χ3v) is 0.740. The van der Waals surface area contributed by atoms with E-state index in [2.05, 4.69) is 5.92 Å². The van der Waals surface area contributed by atoms with Crippen molar-refractivity contribution >= 4 is 16.4 Å². The van der Waals surface area contributed by atoms with Gasteiger partial charge in [-0.3, -0.25) is 14.5 Å². The van der Waals surface area contributed by atoms with Crippen LogP contribution in [0.3, 0.4) is 0 Å². The van der Waals surface area contributed by atoms with Gasteiger partial charge in [-0.05, 0) is 0 Å². The van der Waals surface area contributed by atoms with Gasteiger partial charge in [0.2, 0.25) is 0 Å². The molecule has 13 heavy (non-hydrogen) atoms. The highest BCUT2D eigenvalue weighted by Crippen LogP contribution is 1.73. The lowest BCUT2D eigenvalue weighted by molar-refractivity contribution is 0.381. The third kappa shape index (κ3) is 24.9. The van der Waals surface area contributed by atoms with Crippen LogP contribution in [0.5, 0.6) is 0 Å². The topological polar surface area (TPSA) is 128 Å². The van der Waals surface area contributed by atoms with Crippen LogP contribution in [-0.4, -0.2) is 42.0 Å². The quantitative estimate of drug-likeness (QED) is 0.186. The van der Waals surface area contributed by atoms with Gasteiger partial charge in [0, 0.05) is 7.05 Å². The highest BCUT2D eigenvalue weighted by molar-refractivity contribution is 7.79. The summed E-state index contributed by atoms with van der Waals surface area (Å²) in [6.07, 6.45) is 4.92. The molecule has 0 spiro atoms. The van der Waals surface area contributed by atoms with Crippen molar-refractivity contribution in [3.05, 3.63) is 0 Å². The van der Waals surface area contributed by atoms with Crippen molar-refractivity contribution in [2.24, 2.45) is 5.73 Å². The van der Waals surface area contributed by atoms with E-state index in [0.29, 0.717) is 6.54 Å². The zero-order valence-electron chi connectivity index (χ0n) is 6.93. The normalized spacial score (nSPS) is 9.08. The molecule has 0 atom stereocenters. The van der Waals surface area contributed by atoms with Crippen LogP contribution in [0.2, 0.25) is 0 Å². The number of guanidine groups is 1. The number of hydrogen-bond donors (Lipinski definition) is 4. The second-order valence-corrected chi connectivity index (χ2v) is 2.79. The van der Waals surface area contributed by atoms with Crippen LogP contribution in [0, 0.1) is 17.8 Å². The molecule has 0 unspecified atom stereocenters. The van der Waals surface area contributed by atoms with Crippen LogP contribution >= 0.6 is 0 Å². The maximum Gasteiger partial charge on any atom is 0.394 e. The van der Waals surface area contributed by atoms with E-state index in [0.717, 1.165) is 0 Å². The molecule has 0 aromatic rings. The first kappa shape index (κ1) is 14.2. The van der Waals surface area contributed by atoms with Gasteiger partial charge in [0.1, 0.15) is 0 Å². The minimum atomic E-state index is -4.67. The smallest absolute Gasteiger partial charge is 0.370 e. The summed E-state index contributed by atoms with van der Waals surface area (Å²) >= 11 is 0. The van der Waals surface area contributed by atoms with Crippen LogP contribution in [0.25, 0.3) is 0 Å². The van der Waals surface area contributed by atoms with Gasteiger partial charge in [-0.25, -0.2) is 0 Å². The number of nitrogens with two attached hydrogens (primary N) is 1. The highest BCUT2D eigenvalue weighted by atomic mass is 32.3. The van der Waals surface area contributed by atoms with E-state index >= 15 is 0 Å². The molecule has 7 nitrogen and oxygen atoms in total. The van der Waals surface area contributed by atoms with Crippen molar-refractivity contribution in [3.8, 4) is 12.3 Å². The Labute approximate surface area is 76.6 Å². The van der Waals surface area contributed by atoms with Gasteiger partial charge >= 0.3 is 10.4 Å². The minimum absolute atomic E-state index is 0.00273. The highest BCUT2D eigenvalue weighted by Gasteiger charge is 1.92. The van der Waals surface area contributed by atoms with Gasteiger partial charge in [-0.2, -0.15) is 8.42 Å². The molecule has 76 valence electrons. The number of rotatable bonds is 1. The predicted molar refractivity (Wildman–Crippen MR) is 47.6 cm³/mol. The maximum atomic E-state index is 8.74. The second kappa shape index (κ2) is 6.24. The summed E-state index contributed by atoms with van der Waals surface area (Å²) in [5.74, 6) is 2.36. The lowest BCUT2D eigenvalue weighted by atomic mass is 10.6. The molecule has 0 amide bonds. The Morgan fingerprint density at radius 1 is 1.69 bits per heavy atom. The lowest BCUT2D eigenvalue weighted by Gasteiger charge is -2.10. The van der Waals surface area contributed by atoms with E-state index < -0.39 is 10.4 Å². The first-order valence-electron chi connectivity index (χ1n) is 2.87. The third-order valence-electron chi connectivity index (χ3n) is 0.740. The Morgan fingerprint density at radius 2 is 2.00 bits per heavy atom. The number of nitrogens with zero attached hydrogens (tertiary/aromatic N) is 1. The van der Waals surface area contributed by atoms with Gasteiger partial charge in [0.25, 0.3) is 0 Å². The van der Waals surface area contributed by atoms with Crippen LogP contribution in [-0.2, 0) is 10.4 Å². The Hall–Kier alpha value is -1.30. The van der Waals surface area contributed by atoms with Crippen molar-refractivity contribution in [2.45, 2.75) is 0 Å². The first-order chi connectivity index (χ1) is 5.68. The Bertz CT molecular complexity index is 283. The van der Waals surface area contributed by atoms with E-state index in [9.17, 15) is 0 Å². The number of hydrogen-bond acceptors (Lipinski definition) is 3. The molecule has 0 fully saturated rings. The molecule has 0 saturated carbocycles. The molecule has 0 rings (SSSR count). The SMILES string of the molecule is C#CCN(C)C(=N)N.O=S(=O)(O)O. The molecular weight excluding hydrogens is 198 g/mol. The summed E-state index contributed by atoms with van der Waals surface area (Å²) in [5.41, 5.74) is 5.04. The Balaban J connectivity index is 0. The van der Waals surface area contributed by atoms with E-state index in [1.165, 1.54) is 4.90 Å². The molecule has 0 aromatic heterocycles. The van der Waals surface area contributed by atoms with Gasteiger partial charge in [0.05, 0.1) is 6.54 Å². The van der Waals surface area contributed by atoms with Crippen molar-refractivity contribution in [1.29, 1.82) is 5.41 Å². The van der Waals surface area contributed by atoms with Gasteiger partial charge in [0.15, 0.2) is 5.96 Å². The average Bonchev–Trinajstić information content (AvgIpc) is 1.84. The van der Waals surface area contributed by atoms with Crippen molar-refractivity contribution in [2.75, 3.05) is 13.6 Å². The molecular formula is C5H11N3O4S. The van der Waals surface area contributed by atoms with Crippen molar-refractivity contribution in [3.63, 3.8) is 0 Å². The van der Waals surface area contributed by atoms with Crippen molar-refractivity contribution in [1.82, 2.24) is 4.90 Å². The van der Waals surface area contributed by atoms with Gasteiger partial charge < -0.3 is 10.6 Å². The lowest BCUT2D eigenvalue weighted by Crippen LogP contribution is -2.32. The fourth-order valence-corrected chi connectivity index (χ4v) is 0.222. The molecule has 0 aliphatic carbocycles. The van der Waals surface area contributed by atoms with E-state index in [4.69, 9.17) is 35.1 Å². The average molecular weight is 209 g/mol. The van der Waals surface area contributed by atoms with E-state index in [1.54, 1.807) is 7.05 Å². The first-order valence-corrected chi connectivity index (χ1v) is 4.26. The number of nitrogens with one attached hydrogen (secondary N) is 1. The fraction of sp³-hybridized carbons (Fsp3) is 0.400. The molecule has 5 N–H and O–H groups in total. The molecule has 0 heterocycles. The predicted octanol–water partition coefficient (Wildman–Crippen LogP) is -1.21. The zero-order valence-corrected chi connectivity index (χ0v) is 7.74. The van der Waals surface area contributed by atoms with Crippen LogP contribution < -0.4 is 5.73 Å². The Morgan fingerprint density at radius 3 is 2.08 bits per heavy atom. The Kier molecular flexibility index (Phi) is 6.84. The summed E-state index contributed by atoms with van der Waals surface area (Å²) in [6, 6.07) is 0. The van der Waals surface area contributed by atoms with E-state index in [-0.39, 0.29) is 5.96 Å². The van der Waals surface area contributed by atoms with Gasteiger partial charge in [-0.15, -0.1) is 6.42 Å². The minimum Gasteiger partial charge on any atom is -0.370 e. The van der Waals surface area contributed by atoms with E-state index in [1.807, 2.05) is 0 Å². The molecule has 0 saturated heterocycles. The zero-order chi connectivity index (χ0) is 11.1. The summed E-state index contributed by atoms with van der Waals surface area (Å²) in [5, 5.41) is 6.81. The largest absolute Gasteiger partial charge is 0.394 e. The molecule has 0 radical (unpaired) electrons. The monoisotopic (exact) mass is 209 g/mol. The summed E-state index contributed by atoms with van der Waals surface area (Å²) in [6.45, 7) is 0.398. The molecule has 0 aliphatic rings. The summed E-state index contributed by atoms with van der Waals surface area (Å²) in [7, 11) is -3.00. The maximum absolute atomic E-state index is 8.74. The summed E-state index contributed by atoms with van der Waals surface area (Å²) < 4.78 is 31.6. The second-order valence-electron chi connectivity index (χ2n) is 1.89. The molecule has 0 bridgehead atoms. The van der Waals surface area contributed by atoms with Gasteiger partial charge in [-0.1, -0.05) is 5.92 Å². The van der Waals surface area contributed by atoms with Crippen LogP contribution in [0.1, 0.15) is 0 Å². The molecule has 0 aliphatic heterocycles. The molecule has 0 aromatic carbocycles.